The van der Waals surface area contributed by atoms with Crippen LogP contribution >= 0.6 is 0 Å². The molecule has 0 saturated carbocycles. The van der Waals surface area contributed by atoms with Gasteiger partial charge in [-0.2, -0.15) is 0 Å². The van der Waals surface area contributed by atoms with E-state index in [1.54, 1.807) is 13.2 Å². The van der Waals surface area contributed by atoms with Gasteiger partial charge in [0.05, 0.1) is 19.3 Å². The van der Waals surface area contributed by atoms with Crippen molar-refractivity contribution in [1.29, 1.82) is 0 Å². The van der Waals surface area contributed by atoms with Crippen molar-refractivity contribution in [3.63, 3.8) is 0 Å². The molecule has 0 fully saturated rings. The molecule has 23 heavy (non-hydrogen) atoms. The van der Waals surface area contributed by atoms with Gasteiger partial charge >= 0.3 is 0 Å². The Morgan fingerprint density at radius 1 is 1.17 bits per heavy atom. The number of hydrogen-bond acceptors (Lipinski definition) is 3. The highest BCUT2D eigenvalue weighted by atomic mass is 16.5. The van der Waals surface area contributed by atoms with Gasteiger partial charge in [-0.05, 0) is 37.6 Å². The minimum atomic E-state index is -0.109. The zero-order valence-corrected chi connectivity index (χ0v) is 13.8. The monoisotopic (exact) mass is 313 g/mol. The van der Waals surface area contributed by atoms with E-state index >= 15 is 0 Å². The highest BCUT2D eigenvalue weighted by Gasteiger charge is 2.13. The summed E-state index contributed by atoms with van der Waals surface area (Å²) in [6, 6.07) is 15.2. The van der Waals surface area contributed by atoms with Crippen LogP contribution < -0.4 is 10.1 Å². The topological polar surface area (TPSA) is 47.6 Å². The molecule has 0 aliphatic carbocycles. The molecule has 0 aromatic heterocycles. The Hall–Kier alpha value is -2.33. The molecule has 2 rings (SSSR count). The quantitative estimate of drug-likeness (QED) is 0.847. The summed E-state index contributed by atoms with van der Waals surface area (Å²) < 4.78 is 10.8. The van der Waals surface area contributed by atoms with Crippen LogP contribution in [0, 0.1) is 0 Å². The maximum absolute atomic E-state index is 12.5. The molecule has 0 bridgehead atoms. The van der Waals surface area contributed by atoms with E-state index in [1.165, 1.54) is 0 Å². The second kappa shape index (κ2) is 8.34. The van der Waals surface area contributed by atoms with Crippen molar-refractivity contribution < 1.29 is 14.3 Å². The third-order valence-electron chi connectivity index (χ3n) is 3.57. The van der Waals surface area contributed by atoms with Gasteiger partial charge in [-0.25, -0.2) is 0 Å². The number of methoxy groups -OCH3 is 1. The molecular weight excluding hydrogens is 290 g/mol. The fourth-order valence-electron chi connectivity index (χ4n) is 2.39. The number of nitrogens with one attached hydrogen (secondary N) is 1. The molecule has 2 aromatic carbocycles. The Balaban J connectivity index is 2.14. The largest absolute Gasteiger partial charge is 0.494 e. The van der Waals surface area contributed by atoms with Crippen LogP contribution in [0.15, 0.2) is 48.5 Å². The summed E-state index contributed by atoms with van der Waals surface area (Å²) in [5.41, 5.74) is 2.54. The van der Waals surface area contributed by atoms with Crippen LogP contribution in [0.5, 0.6) is 5.75 Å². The van der Waals surface area contributed by atoms with Crippen molar-refractivity contribution in [2.45, 2.75) is 26.5 Å². The van der Waals surface area contributed by atoms with Gasteiger partial charge in [-0.15, -0.1) is 0 Å². The molecule has 0 aliphatic heterocycles. The Kier molecular flexibility index (Phi) is 6.18. The number of amides is 1. The summed E-state index contributed by atoms with van der Waals surface area (Å²) in [6.45, 7) is 4.88. The summed E-state index contributed by atoms with van der Waals surface area (Å²) in [5, 5.41) is 3.01. The first-order valence-electron chi connectivity index (χ1n) is 7.76. The highest BCUT2D eigenvalue weighted by Crippen LogP contribution is 2.22. The van der Waals surface area contributed by atoms with Gasteiger partial charge in [0, 0.05) is 18.2 Å². The molecule has 0 aliphatic rings. The number of benzene rings is 2. The van der Waals surface area contributed by atoms with Gasteiger partial charge in [0.25, 0.3) is 5.91 Å². The molecule has 0 heterocycles. The van der Waals surface area contributed by atoms with E-state index in [4.69, 9.17) is 9.47 Å². The fourth-order valence-corrected chi connectivity index (χ4v) is 2.39. The lowest BCUT2D eigenvalue weighted by Crippen LogP contribution is -2.26. The molecular formula is C19H23NO3. The van der Waals surface area contributed by atoms with E-state index in [2.05, 4.69) is 5.32 Å². The highest BCUT2D eigenvalue weighted by molar-refractivity contribution is 5.94. The lowest BCUT2D eigenvalue weighted by molar-refractivity contribution is 0.0939. The van der Waals surface area contributed by atoms with Crippen molar-refractivity contribution in [3.8, 4) is 5.75 Å². The van der Waals surface area contributed by atoms with Crippen LogP contribution in [0.3, 0.4) is 0 Å². The Labute approximate surface area is 137 Å². The number of ether oxygens (including phenoxy) is 2. The molecule has 0 radical (unpaired) electrons. The van der Waals surface area contributed by atoms with Crippen LogP contribution in [-0.4, -0.2) is 19.6 Å². The predicted octanol–water partition coefficient (Wildman–Crippen LogP) is 3.72. The van der Waals surface area contributed by atoms with Gasteiger partial charge in [-0.3, -0.25) is 4.79 Å². The summed E-state index contributed by atoms with van der Waals surface area (Å²) in [7, 11) is 1.62. The van der Waals surface area contributed by atoms with Crippen LogP contribution in [0.25, 0.3) is 0 Å². The van der Waals surface area contributed by atoms with Gasteiger partial charge in [0.2, 0.25) is 0 Å². The number of rotatable bonds is 7. The first-order chi connectivity index (χ1) is 11.2. The molecule has 1 amide bonds. The average Bonchev–Trinajstić information content (AvgIpc) is 2.57. The Morgan fingerprint density at radius 2 is 1.91 bits per heavy atom. The van der Waals surface area contributed by atoms with Gasteiger partial charge in [-0.1, -0.05) is 30.3 Å². The van der Waals surface area contributed by atoms with E-state index in [9.17, 15) is 4.79 Å². The average molecular weight is 313 g/mol. The van der Waals surface area contributed by atoms with Crippen molar-refractivity contribution >= 4 is 5.91 Å². The van der Waals surface area contributed by atoms with Crippen molar-refractivity contribution in [3.05, 3.63) is 65.2 Å². The third kappa shape index (κ3) is 4.57. The maximum Gasteiger partial charge on any atom is 0.251 e. The predicted molar refractivity (Wildman–Crippen MR) is 90.6 cm³/mol. The van der Waals surface area contributed by atoms with E-state index < -0.39 is 0 Å². The second-order valence-electron chi connectivity index (χ2n) is 5.29. The van der Waals surface area contributed by atoms with Crippen LogP contribution in [0.1, 0.15) is 41.4 Å². The smallest absolute Gasteiger partial charge is 0.251 e. The standard InChI is InChI=1S/C19H23NO3/c1-4-23-18-11-10-16(12-17(18)13-22-3)19(21)20-14(2)15-8-6-5-7-9-15/h5-12,14H,4,13H2,1-3H3,(H,20,21)/t14-/m1/s1. The Morgan fingerprint density at radius 3 is 2.57 bits per heavy atom. The van der Waals surface area contributed by atoms with Crippen LogP contribution in [0.4, 0.5) is 0 Å². The molecule has 0 saturated heterocycles. The van der Waals surface area contributed by atoms with Crippen molar-refractivity contribution in [1.82, 2.24) is 5.32 Å². The third-order valence-corrected chi connectivity index (χ3v) is 3.57. The zero-order valence-electron chi connectivity index (χ0n) is 13.8. The SMILES string of the molecule is CCOc1ccc(C(=O)N[C@H](C)c2ccccc2)cc1COC. The second-order valence-corrected chi connectivity index (χ2v) is 5.29. The van der Waals surface area contributed by atoms with Crippen molar-refractivity contribution in [2.75, 3.05) is 13.7 Å². The molecule has 1 N–H and O–H groups in total. The summed E-state index contributed by atoms with van der Waals surface area (Å²) in [6.07, 6.45) is 0. The number of hydrogen-bond donors (Lipinski definition) is 1. The molecule has 0 unspecified atom stereocenters. The summed E-state index contributed by atoms with van der Waals surface area (Å²) in [4.78, 5) is 12.5. The van der Waals surface area contributed by atoms with E-state index in [1.807, 2.05) is 56.3 Å². The Bertz CT molecular complexity index is 640. The number of carbonyl (C=O) groups is 1. The molecule has 2 aromatic rings. The van der Waals surface area contributed by atoms with Crippen LogP contribution in [0.2, 0.25) is 0 Å². The van der Waals surface area contributed by atoms with Gasteiger partial charge in [0.1, 0.15) is 5.75 Å². The van der Waals surface area contributed by atoms with E-state index in [0.29, 0.717) is 18.8 Å². The van der Waals surface area contributed by atoms with Crippen molar-refractivity contribution in [2.24, 2.45) is 0 Å². The number of carbonyl (C=O) groups excluding carboxylic acids is 1. The van der Waals surface area contributed by atoms with E-state index in [-0.39, 0.29) is 11.9 Å². The zero-order chi connectivity index (χ0) is 16.7. The lowest BCUT2D eigenvalue weighted by Gasteiger charge is -2.16. The van der Waals surface area contributed by atoms with Crippen LogP contribution in [-0.2, 0) is 11.3 Å². The summed E-state index contributed by atoms with van der Waals surface area (Å²) >= 11 is 0. The fraction of sp³-hybridized carbons (Fsp3) is 0.316. The van der Waals surface area contributed by atoms with Gasteiger partial charge < -0.3 is 14.8 Å². The van der Waals surface area contributed by atoms with E-state index in [0.717, 1.165) is 16.9 Å². The molecule has 1 atom stereocenters. The molecule has 122 valence electrons. The first-order valence-corrected chi connectivity index (χ1v) is 7.76. The normalized spacial score (nSPS) is 11.8. The minimum absolute atomic E-state index is 0.0545. The molecule has 4 heteroatoms. The minimum Gasteiger partial charge on any atom is -0.494 e. The first kappa shape index (κ1) is 17.0. The molecule has 4 nitrogen and oxygen atoms in total. The maximum atomic E-state index is 12.5. The summed E-state index contributed by atoms with van der Waals surface area (Å²) in [5.74, 6) is 0.642. The van der Waals surface area contributed by atoms with Gasteiger partial charge in [0.15, 0.2) is 0 Å². The lowest BCUT2D eigenvalue weighted by atomic mass is 10.1. The molecule has 0 spiro atoms.